The number of aromatic nitrogens is 2. The van der Waals surface area contributed by atoms with Gasteiger partial charge in [0.15, 0.2) is 0 Å². The summed E-state index contributed by atoms with van der Waals surface area (Å²) in [5.41, 5.74) is 4.85. The van der Waals surface area contributed by atoms with E-state index in [0.29, 0.717) is 5.92 Å². The average Bonchev–Trinajstić information content (AvgIpc) is 3.27. The lowest BCUT2D eigenvalue weighted by atomic mass is 9.97. The molecule has 2 aromatic heterocycles. The van der Waals surface area contributed by atoms with E-state index in [-0.39, 0.29) is 18.2 Å². The van der Waals surface area contributed by atoms with Crippen molar-refractivity contribution in [2.75, 3.05) is 0 Å². The van der Waals surface area contributed by atoms with Crippen molar-refractivity contribution in [2.45, 2.75) is 76.9 Å². The molecule has 1 amide bonds. The Kier molecular flexibility index (Phi) is 5.19. The topological polar surface area (TPSA) is 67.0 Å². The Bertz CT molecular complexity index is 852. The number of carbonyl (C=O) groups is 1. The fraction of sp³-hybridized carbons (Fsp3) is 0.545. The van der Waals surface area contributed by atoms with E-state index in [0.717, 1.165) is 31.3 Å². The maximum atomic E-state index is 11.8. The third kappa shape index (κ3) is 4.18. The van der Waals surface area contributed by atoms with E-state index in [9.17, 15) is 4.79 Å². The van der Waals surface area contributed by atoms with Gasteiger partial charge >= 0.3 is 6.09 Å². The first-order valence-electron chi connectivity index (χ1n) is 10.2. The minimum absolute atomic E-state index is 0.00127. The molecule has 5 heteroatoms. The number of hydrogen-bond acceptors (Lipinski definition) is 3. The van der Waals surface area contributed by atoms with E-state index in [1.165, 1.54) is 41.5 Å². The van der Waals surface area contributed by atoms with Crippen LogP contribution in [0.3, 0.4) is 0 Å². The Morgan fingerprint density at radius 2 is 2.19 bits per heavy atom. The van der Waals surface area contributed by atoms with Crippen LogP contribution in [0.2, 0.25) is 0 Å². The van der Waals surface area contributed by atoms with Crippen LogP contribution in [0.15, 0.2) is 24.4 Å². The van der Waals surface area contributed by atoms with E-state index in [4.69, 9.17) is 4.74 Å². The van der Waals surface area contributed by atoms with Crippen LogP contribution in [0.4, 0.5) is 4.79 Å². The maximum absolute atomic E-state index is 11.8. The molecule has 2 N–H and O–H groups in total. The van der Waals surface area contributed by atoms with Crippen molar-refractivity contribution in [3.63, 3.8) is 0 Å². The molecule has 2 aromatic rings. The summed E-state index contributed by atoms with van der Waals surface area (Å²) in [5.74, 6) is 0.408. The highest BCUT2D eigenvalue weighted by Crippen LogP contribution is 2.37. The number of allylic oxidation sites excluding steroid dienone is 2. The Morgan fingerprint density at radius 3 is 2.96 bits per heavy atom. The van der Waals surface area contributed by atoms with Crippen molar-refractivity contribution in [3.8, 4) is 0 Å². The van der Waals surface area contributed by atoms with Gasteiger partial charge in [-0.2, -0.15) is 0 Å². The van der Waals surface area contributed by atoms with E-state index in [2.05, 4.69) is 33.5 Å². The van der Waals surface area contributed by atoms with Crippen molar-refractivity contribution in [3.05, 3.63) is 35.7 Å². The molecule has 144 valence electrons. The molecule has 27 heavy (non-hydrogen) atoms. The highest BCUT2D eigenvalue weighted by Gasteiger charge is 2.29. The average molecular weight is 367 g/mol. The van der Waals surface area contributed by atoms with Crippen LogP contribution in [0, 0.1) is 0 Å². The molecule has 5 nitrogen and oxygen atoms in total. The third-order valence-corrected chi connectivity index (χ3v) is 5.66. The predicted octanol–water partition coefficient (Wildman–Crippen LogP) is 5.29. The summed E-state index contributed by atoms with van der Waals surface area (Å²) in [6, 6.07) is 4.60. The molecular formula is C22H29N3O2. The van der Waals surface area contributed by atoms with Crippen LogP contribution in [-0.4, -0.2) is 28.2 Å². The van der Waals surface area contributed by atoms with Gasteiger partial charge in [0, 0.05) is 23.3 Å². The number of carbonyl (C=O) groups excluding carboxylic acids is 1. The molecule has 0 bridgehead atoms. The lowest BCUT2D eigenvalue weighted by Gasteiger charge is -2.15. The monoisotopic (exact) mass is 367 g/mol. The van der Waals surface area contributed by atoms with Crippen LogP contribution >= 0.6 is 0 Å². The van der Waals surface area contributed by atoms with Gasteiger partial charge in [-0.1, -0.05) is 6.08 Å². The van der Waals surface area contributed by atoms with Crippen LogP contribution in [0.1, 0.15) is 76.0 Å². The van der Waals surface area contributed by atoms with Crippen LogP contribution in [-0.2, 0) is 4.74 Å². The second kappa shape index (κ2) is 7.75. The van der Waals surface area contributed by atoms with Crippen molar-refractivity contribution in [1.29, 1.82) is 0 Å². The minimum atomic E-state index is -0.305. The quantitative estimate of drug-likeness (QED) is 0.771. The van der Waals surface area contributed by atoms with E-state index < -0.39 is 0 Å². The molecule has 4 rings (SSSR count). The van der Waals surface area contributed by atoms with Crippen LogP contribution in [0.25, 0.3) is 16.6 Å². The van der Waals surface area contributed by atoms with Crippen molar-refractivity contribution in [1.82, 2.24) is 15.3 Å². The first-order chi connectivity index (χ1) is 13.1. The second-order valence-electron chi connectivity index (χ2n) is 8.20. The normalized spacial score (nSPS) is 22.9. The zero-order valence-corrected chi connectivity index (χ0v) is 16.3. The van der Waals surface area contributed by atoms with Gasteiger partial charge < -0.3 is 15.0 Å². The number of ether oxygens (including phenoxy) is 1. The van der Waals surface area contributed by atoms with E-state index >= 15 is 0 Å². The van der Waals surface area contributed by atoms with Gasteiger partial charge in [-0.15, -0.1) is 0 Å². The van der Waals surface area contributed by atoms with Gasteiger partial charge in [0.05, 0.1) is 0 Å². The standard InChI is InChI=1S/C22H29N3O2/c1-14(2)24-22(26)27-19-9-8-16(11-19)18-10-17-12-20(25-21(17)23-13-18)15-6-4-3-5-7-15/h6,10,12-14,16,19H,3-5,7-9,11H2,1-2H3,(H,23,25)(H,24,26)/t16-,19+/m0/s1. The molecule has 0 unspecified atom stereocenters. The fourth-order valence-electron chi connectivity index (χ4n) is 4.28. The highest BCUT2D eigenvalue weighted by molar-refractivity contribution is 5.82. The SMILES string of the molecule is CC(C)NC(=O)O[C@@H]1CC[C@H](c2cnc3[nH]c(C4=CCCCC4)cc3c2)C1. The Morgan fingerprint density at radius 1 is 1.30 bits per heavy atom. The van der Waals surface area contributed by atoms with Gasteiger partial charge in [-0.3, -0.25) is 0 Å². The van der Waals surface area contributed by atoms with Crippen molar-refractivity contribution >= 4 is 22.7 Å². The largest absolute Gasteiger partial charge is 0.446 e. The summed E-state index contributed by atoms with van der Waals surface area (Å²) in [6.07, 6.45) is 11.8. The Hall–Kier alpha value is -2.30. The number of amides is 1. The lowest BCUT2D eigenvalue weighted by Crippen LogP contribution is -2.33. The van der Waals surface area contributed by atoms with Crippen LogP contribution < -0.4 is 5.32 Å². The van der Waals surface area contributed by atoms with E-state index in [1.807, 2.05) is 20.0 Å². The lowest BCUT2D eigenvalue weighted by molar-refractivity contribution is 0.0982. The number of rotatable bonds is 4. The molecule has 2 aliphatic carbocycles. The Labute approximate surface area is 160 Å². The van der Waals surface area contributed by atoms with Gasteiger partial charge in [0.25, 0.3) is 0 Å². The zero-order valence-electron chi connectivity index (χ0n) is 16.3. The summed E-state index contributed by atoms with van der Waals surface area (Å²) in [6.45, 7) is 3.88. The maximum Gasteiger partial charge on any atom is 0.407 e. The summed E-state index contributed by atoms with van der Waals surface area (Å²) >= 11 is 0. The number of aromatic amines is 1. The molecule has 2 aliphatic rings. The summed E-state index contributed by atoms with van der Waals surface area (Å²) in [4.78, 5) is 20.0. The molecule has 2 heterocycles. The number of alkyl carbamates (subject to hydrolysis) is 1. The number of hydrogen-bond donors (Lipinski definition) is 2. The zero-order chi connectivity index (χ0) is 18.8. The predicted molar refractivity (Wildman–Crippen MR) is 108 cm³/mol. The van der Waals surface area contributed by atoms with E-state index in [1.54, 1.807) is 0 Å². The molecule has 1 saturated carbocycles. The third-order valence-electron chi connectivity index (χ3n) is 5.66. The smallest absolute Gasteiger partial charge is 0.407 e. The molecular weight excluding hydrogens is 338 g/mol. The van der Waals surface area contributed by atoms with Gasteiger partial charge in [0.1, 0.15) is 11.8 Å². The molecule has 0 spiro atoms. The Balaban J connectivity index is 1.45. The number of nitrogens with one attached hydrogen (secondary N) is 2. The molecule has 0 radical (unpaired) electrons. The van der Waals surface area contributed by atoms with Gasteiger partial charge in [-0.25, -0.2) is 9.78 Å². The van der Waals surface area contributed by atoms with Gasteiger partial charge in [-0.05, 0) is 88.0 Å². The number of pyridine rings is 1. The summed E-state index contributed by atoms with van der Waals surface area (Å²) < 4.78 is 5.56. The van der Waals surface area contributed by atoms with Crippen LogP contribution in [0.5, 0.6) is 0 Å². The molecule has 0 saturated heterocycles. The summed E-state index contributed by atoms with van der Waals surface area (Å²) in [7, 11) is 0. The second-order valence-corrected chi connectivity index (χ2v) is 8.20. The minimum Gasteiger partial charge on any atom is -0.446 e. The first kappa shape index (κ1) is 18.1. The molecule has 0 aliphatic heterocycles. The van der Waals surface area contributed by atoms with Gasteiger partial charge in [0.2, 0.25) is 0 Å². The fourth-order valence-corrected chi connectivity index (χ4v) is 4.28. The summed E-state index contributed by atoms with van der Waals surface area (Å²) in [5, 5.41) is 3.98. The number of H-pyrrole nitrogens is 1. The molecule has 1 fully saturated rings. The first-order valence-corrected chi connectivity index (χ1v) is 10.2. The highest BCUT2D eigenvalue weighted by atomic mass is 16.6. The molecule has 0 aromatic carbocycles. The number of fused-ring (bicyclic) bond motifs is 1. The van der Waals surface area contributed by atoms with Crippen molar-refractivity contribution in [2.24, 2.45) is 0 Å². The number of nitrogens with zero attached hydrogens (tertiary/aromatic N) is 1. The molecule has 2 atom stereocenters. The van der Waals surface area contributed by atoms with Crippen molar-refractivity contribution < 1.29 is 9.53 Å².